The second-order valence-corrected chi connectivity index (χ2v) is 2.14. The molecule has 0 aliphatic carbocycles. The lowest BCUT2D eigenvalue weighted by Gasteiger charge is -1.93. The maximum Gasteiger partial charge on any atom is 0.0431 e. The van der Waals surface area contributed by atoms with Crippen LogP contribution in [0.4, 0.5) is 0 Å². The highest BCUT2D eigenvalue weighted by molar-refractivity contribution is 4.39. The Balaban J connectivity index is -0.0000000817. The third kappa shape index (κ3) is 25.8. The van der Waals surface area contributed by atoms with Gasteiger partial charge in [0.25, 0.3) is 0 Å². The van der Waals surface area contributed by atoms with Crippen molar-refractivity contribution in [1.82, 2.24) is 0 Å². The molecule has 0 saturated carbocycles. The predicted molar refractivity (Wildman–Crippen MR) is 46.7 cm³/mol. The lowest BCUT2D eigenvalue weighted by Crippen LogP contribution is -1.81. The molecule has 0 bridgehead atoms. The van der Waals surface area contributed by atoms with E-state index in [4.69, 9.17) is 5.11 Å². The summed E-state index contributed by atoms with van der Waals surface area (Å²) in [6.07, 6.45) is 6.08. The van der Waals surface area contributed by atoms with Crippen molar-refractivity contribution in [2.24, 2.45) is 0 Å². The smallest absolute Gasteiger partial charge is 0.0431 e. The molecule has 0 aliphatic heterocycles. The van der Waals surface area contributed by atoms with Crippen LogP contribution < -0.4 is 0 Å². The maximum absolute atomic E-state index is 8.37. The summed E-state index contributed by atoms with van der Waals surface area (Å²) in [6, 6.07) is 0. The van der Waals surface area contributed by atoms with Crippen molar-refractivity contribution >= 4 is 0 Å². The first-order chi connectivity index (χ1) is 3.91. The number of aliphatic hydroxyl groups is 1. The monoisotopic (exact) mass is 170 g/mol. The van der Waals surface area contributed by atoms with Gasteiger partial charge in [0.1, 0.15) is 0 Å². The predicted octanol–water partition coefficient (Wildman–Crippen LogP) is -0.525. The average molecular weight is 170 g/mol. The quantitative estimate of drug-likeness (QED) is 0.549. The molecule has 0 heterocycles. The van der Waals surface area contributed by atoms with Crippen LogP contribution in [0, 0.1) is 0 Å². The fourth-order valence-electron chi connectivity index (χ4n) is 0.715. The first kappa shape index (κ1) is 22.4. The molecule has 4 nitrogen and oxygen atoms in total. The van der Waals surface area contributed by atoms with Gasteiger partial charge in [0.05, 0.1) is 0 Å². The van der Waals surface area contributed by atoms with Crippen LogP contribution in [0.25, 0.3) is 0 Å². The van der Waals surface area contributed by atoms with E-state index in [2.05, 4.69) is 6.92 Å². The molecule has 0 atom stereocenters. The van der Waals surface area contributed by atoms with E-state index in [-0.39, 0.29) is 16.4 Å². The third-order valence-corrected chi connectivity index (χ3v) is 1.26. The Kier molecular flexibility index (Phi) is 46.0. The van der Waals surface area contributed by atoms with Crippen LogP contribution in [0.2, 0.25) is 0 Å². The normalized spacial score (nSPS) is 7.09. The van der Waals surface area contributed by atoms with E-state index in [1.807, 2.05) is 0 Å². The van der Waals surface area contributed by atoms with Gasteiger partial charge in [0.2, 0.25) is 0 Å². The Bertz CT molecular complexity index is 35.4. The average Bonchev–Trinajstić information content (AvgIpc) is 1.81. The molecule has 0 saturated heterocycles. The maximum atomic E-state index is 8.37. The second-order valence-electron chi connectivity index (χ2n) is 2.14. The number of unbranched alkanes of at least 4 members (excludes halogenated alkanes) is 4. The number of hydrogen-bond acceptors (Lipinski definition) is 1. The Morgan fingerprint density at radius 1 is 0.818 bits per heavy atom. The molecule has 4 heteroatoms. The van der Waals surface area contributed by atoms with Gasteiger partial charge in [-0.25, -0.2) is 0 Å². The standard InChI is InChI=1S/C7H16O.3H2O/c1-2-3-4-5-6-7-8;;;/h8H,2-7H2,1H3;3*1H2. The highest BCUT2D eigenvalue weighted by Gasteiger charge is 1.84. The lowest BCUT2D eigenvalue weighted by molar-refractivity contribution is 0.282. The highest BCUT2D eigenvalue weighted by atomic mass is 16.2. The molecule has 11 heavy (non-hydrogen) atoms. The van der Waals surface area contributed by atoms with Crippen LogP contribution in [0.3, 0.4) is 0 Å². The Morgan fingerprint density at radius 2 is 1.27 bits per heavy atom. The Labute approximate surface area is 68.2 Å². The first-order valence-electron chi connectivity index (χ1n) is 3.52. The summed E-state index contributed by atoms with van der Waals surface area (Å²) in [5.74, 6) is 0. The third-order valence-electron chi connectivity index (χ3n) is 1.26. The van der Waals surface area contributed by atoms with Crippen LogP contribution in [0.1, 0.15) is 39.0 Å². The molecule has 0 rings (SSSR count). The fraction of sp³-hybridized carbons (Fsp3) is 1.00. The number of aliphatic hydroxyl groups excluding tert-OH is 1. The van der Waals surface area contributed by atoms with Gasteiger partial charge in [-0.2, -0.15) is 0 Å². The van der Waals surface area contributed by atoms with E-state index in [9.17, 15) is 0 Å². The van der Waals surface area contributed by atoms with E-state index in [0.29, 0.717) is 6.61 Å². The zero-order chi connectivity index (χ0) is 6.24. The molecular formula is C7H22O4. The molecule has 7 N–H and O–H groups in total. The van der Waals surface area contributed by atoms with Gasteiger partial charge in [-0.15, -0.1) is 0 Å². The van der Waals surface area contributed by atoms with E-state index in [0.717, 1.165) is 6.42 Å². The van der Waals surface area contributed by atoms with E-state index < -0.39 is 0 Å². The van der Waals surface area contributed by atoms with E-state index in [1.165, 1.54) is 25.7 Å². The molecule has 0 spiro atoms. The highest BCUT2D eigenvalue weighted by Crippen LogP contribution is 2.00. The van der Waals surface area contributed by atoms with Crippen molar-refractivity contribution < 1.29 is 21.5 Å². The van der Waals surface area contributed by atoms with Gasteiger partial charge in [0.15, 0.2) is 0 Å². The summed E-state index contributed by atoms with van der Waals surface area (Å²) in [6.45, 7) is 2.56. The minimum atomic E-state index is 0. The van der Waals surface area contributed by atoms with Crippen LogP contribution in [0.5, 0.6) is 0 Å². The van der Waals surface area contributed by atoms with E-state index >= 15 is 0 Å². The summed E-state index contributed by atoms with van der Waals surface area (Å²) in [5, 5.41) is 8.37. The van der Waals surface area contributed by atoms with Crippen molar-refractivity contribution in [3.63, 3.8) is 0 Å². The van der Waals surface area contributed by atoms with Gasteiger partial charge < -0.3 is 21.5 Å². The van der Waals surface area contributed by atoms with Crippen molar-refractivity contribution in [2.45, 2.75) is 39.0 Å². The van der Waals surface area contributed by atoms with Crippen LogP contribution >= 0.6 is 0 Å². The fourth-order valence-corrected chi connectivity index (χ4v) is 0.715. The van der Waals surface area contributed by atoms with Gasteiger partial charge >= 0.3 is 0 Å². The number of hydrogen-bond donors (Lipinski definition) is 1. The molecule has 0 radical (unpaired) electrons. The van der Waals surface area contributed by atoms with Gasteiger partial charge in [-0.1, -0.05) is 32.6 Å². The molecular weight excluding hydrogens is 148 g/mol. The van der Waals surface area contributed by atoms with Gasteiger partial charge in [-0.05, 0) is 6.42 Å². The van der Waals surface area contributed by atoms with Crippen LogP contribution in [0.15, 0.2) is 0 Å². The van der Waals surface area contributed by atoms with Crippen molar-refractivity contribution in [3.8, 4) is 0 Å². The molecule has 0 aromatic heterocycles. The topological polar surface area (TPSA) is 115 Å². The molecule has 0 aliphatic rings. The summed E-state index contributed by atoms with van der Waals surface area (Å²) >= 11 is 0. The minimum Gasteiger partial charge on any atom is -0.412 e. The first-order valence-corrected chi connectivity index (χ1v) is 3.52. The molecule has 0 amide bonds. The largest absolute Gasteiger partial charge is 0.412 e. The zero-order valence-corrected chi connectivity index (χ0v) is 7.19. The Hall–Kier alpha value is -0.160. The zero-order valence-electron chi connectivity index (χ0n) is 7.19. The summed E-state index contributed by atoms with van der Waals surface area (Å²) in [4.78, 5) is 0. The van der Waals surface area contributed by atoms with Crippen molar-refractivity contribution in [3.05, 3.63) is 0 Å². The second kappa shape index (κ2) is 22.5. The van der Waals surface area contributed by atoms with Crippen molar-refractivity contribution in [2.75, 3.05) is 6.61 Å². The van der Waals surface area contributed by atoms with Crippen LogP contribution in [-0.2, 0) is 0 Å². The van der Waals surface area contributed by atoms with E-state index in [1.54, 1.807) is 0 Å². The Morgan fingerprint density at radius 3 is 1.64 bits per heavy atom. The van der Waals surface area contributed by atoms with Gasteiger partial charge in [0, 0.05) is 6.61 Å². The molecule has 0 unspecified atom stereocenters. The minimum absolute atomic E-state index is 0. The molecule has 0 aromatic carbocycles. The number of rotatable bonds is 5. The summed E-state index contributed by atoms with van der Waals surface area (Å²) in [5.41, 5.74) is 0. The SMILES string of the molecule is CCCCCCCO.O.O.O. The van der Waals surface area contributed by atoms with Crippen molar-refractivity contribution in [1.29, 1.82) is 0 Å². The molecule has 74 valence electrons. The van der Waals surface area contributed by atoms with Gasteiger partial charge in [-0.3, -0.25) is 0 Å². The lowest BCUT2D eigenvalue weighted by atomic mass is 10.2. The molecule has 0 aromatic rings. The van der Waals surface area contributed by atoms with Crippen LogP contribution in [-0.4, -0.2) is 28.1 Å². The summed E-state index contributed by atoms with van der Waals surface area (Å²) in [7, 11) is 0. The summed E-state index contributed by atoms with van der Waals surface area (Å²) < 4.78 is 0. The molecule has 0 fully saturated rings.